The zero-order chi connectivity index (χ0) is 15.6. The van der Waals surface area contributed by atoms with Crippen LogP contribution >= 0.6 is 15.9 Å². The third-order valence-corrected chi connectivity index (χ3v) is 5.02. The van der Waals surface area contributed by atoms with E-state index in [1.54, 1.807) is 0 Å². The molecule has 1 saturated heterocycles. The number of hydrogen-bond donors (Lipinski definition) is 2. The van der Waals surface area contributed by atoms with Gasteiger partial charge in [-0.25, -0.2) is 8.78 Å². The fraction of sp³-hybridized carbons (Fsp3) is 0.600. The van der Waals surface area contributed by atoms with Gasteiger partial charge in [-0.05, 0) is 67.8 Å². The Morgan fingerprint density at radius 2 is 1.86 bits per heavy atom. The predicted octanol–water partition coefficient (Wildman–Crippen LogP) is 3.50. The summed E-state index contributed by atoms with van der Waals surface area (Å²) in [6.07, 6.45) is 3.40. The van der Waals surface area contributed by atoms with Crippen LogP contribution in [-0.2, 0) is 0 Å². The first kappa shape index (κ1) is 16.8. The molecule has 1 fully saturated rings. The smallest absolute Gasteiger partial charge is 0.145 e. The van der Waals surface area contributed by atoms with Crippen molar-refractivity contribution in [3.05, 3.63) is 33.8 Å². The fourth-order valence-corrected chi connectivity index (χ4v) is 3.45. The summed E-state index contributed by atoms with van der Waals surface area (Å²) in [5.74, 6) is 4.49. The molecule has 0 radical (unpaired) electrons. The van der Waals surface area contributed by atoms with Crippen LogP contribution in [0.1, 0.15) is 44.7 Å². The Morgan fingerprint density at radius 1 is 1.24 bits per heavy atom. The van der Waals surface area contributed by atoms with Gasteiger partial charge in [0, 0.05) is 11.1 Å². The van der Waals surface area contributed by atoms with Crippen molar-refractivity contribution in [3.63, 3.8) is 0 Å². The Bertz CT molecular complexity index is 502. The zero-order valence-electron chi connectivity index (χ0n) is 12.4. The molecule has 1 atom stereocenters. The van der Waals surface area contributed by atoms with Crippen molar-refractivity contribution in [2.45, 2.75) is 44.7 Å². The van der Waals surface area contributed by atoms with Gasteiger partial charge < -0.3 is 0 Å². The van der Waals surface area contributed by atoms with Crippen molar-refractivity contribution < 1.29 is 8.78 Å². The van der Waals surface area contributed by atoms with E-state index in [0.29, 0.717) is 0 Å². The molecule has 3 nitrogen and oxygen atoms in total. The van der Waals surface area contributed by atoms with E-state index in [0.717, 1.165) is 25.9 Å². The number of hydrogen-bond acceptors (Lipinski definition) is 3. The van der Waals surface area contributed by atoms with Crippen molar-refractivity contribution >= 4 is 15.9 Å². The molecule has 1 heterocycles. The highest BCUT2D eigenvalue weighted by molar-refractivity contribution is 9.10. The third kappa shape index (κ3) is 3.28. The number of piperidine rings is 1. The number of hydrazine groups is 1. The standard InChI is InChI=1S/C15H22BrF2N3/c1-15(2,21-8-4-3-5-9-21)14(20-19)12-11(17)7-6-10(16)13(12)18/h6-7,14,20H,3-5,8-9,19H2,1-2H3. The SMILES string of the molecule is CC(C)(C(NN)c1c(F)ccc(Br)c1F)N1CCCCC1. The van der Waals surface area contributed by atoms with E-state index in [4.69, 9.17) is 5.84 Å². The summed E-state index contributed by atoms with van der Waals surface area (Å²) >= 11 is 3.12. The molecule has 0 bridgehead atoms. The minimum atomic E-state index is -0.631. The number of halogens is 3. The maximum Gasteiger partial charge on any atom is 0.145 e. The Morgan fingerprint density at radius 3 is 2.43 bits per heavy atom. The Hall–Kier alpha value is -0.560. The molecule has 1 aliphatic heterocycles. The lowest BCUT2D eigenvalue weighted by molar-refractivity contribution is 0.0583. The summed E-state index contributed by atoms with van der Waals surface area (Å²) in [6.45, 7) is 5.79. The van der Waals surface area contributed by atoms with Crippen LogP contribution in [0.15, 0.2) is 16.6 Å². The van der Waals surface area contributed by atoms with Crippen molar-refractivity contribution in [1.29, 1.82) is 0 Å². The second-order valence-corrected chi connectivity index (χ2v) is 6.91. The molecule has 0 saturated carbocycles. The molecule has 0 amide bonds. The molecule has 6 heteroatoms. The van der Waals surface area contributed by atoms with Gasteiger partial charge in [0.2, 0.25) is 0 Å². The van der Waals surface area contributed by atoms with Crippen molar-refractivity contribution in [2.24, 2.45) is 5.84 Å². The van der Waals surface area contributed by atoms with Gasteiger partial charge in [-0.2, -0.15) is 0 Å². The van der Waals surface area contributed by atoms with E-state index in [9.17, 15) is 8.78 Å². The van der Waals surface area contributed by atoms with Crippen LogP contribution in [-0.4, -0.2) is 23.5 Å². The summed E-state index contributed by atoms with van der Waals surface area (Å²) in [6, 6.07) is 2.00. The highest BCUT2D eigenvalue weighted by Crippen LogP contribution is 2.36. The Balaban J connectivity index is 2.41. The number of nitrogens with one attached hydrogen (secondary N) is 1. The van der Waals surface area contributed by atoms with Gasteiger partial charge in [-0.3, -0.25) is 16.2 Å². The quantitative estimate of drug-likeness (QED) is 0.489. The average Bonchev–Trinajstić information content (AvgIpc) is 2.48. The van der Waals surface area contributed by atoms with Gasteiger partial charge in [0.1, 0.15) is 11.6 Å². The first-order valence-electron chi connectivity index (χ1n) is 7.24. The summed E-state index contributed by atoms with van der Waals surface area (Å²) in [4.78, 5) is 2.25. The third-order valence-electron chi connectivity index (χ3n) is 4.41. The molecule has 1 unspecified atom stereocenters. The molecule has 1 aliphatic rings. The van der Waals surface area contributed by atoms with Crippen LogP contribution in [0.3, 0.4) is 0 Å². The first-order valence-corrected chi connectivity index (χ1v) is 8.03. The van der Waals surface area contributed by atoms with Gasteiger partial charge in [0.25, 0.3) is 0 Å². The number of rotatable bonds is 4. The monoisotopic (exact) mass is 361 g/mol. The van der Waals surface area contributed by atoms with E-state index in [-0.39, 0.29) is 10.0 Å². The molecular weight excluding hydrogens is 340 g/mol. The first-order chi connectivity index (χ1) is 9.89. The van der Waals surface area contributed by atoms with Gasteiger partial charge in [-0.1, -0.05) is 6.42 Å². The minimum Gasteiger partial charge on any atom is -0.296 e. The Kier molecular flexibility index (Phi) is 5.35. The maximum absolute atomic E-state index is 14.4. The molecule has 118 valence electrons. The Labute approximate surface area is 133 Å². The number of nitrogens with zero attached hydrogens (tertiary/aromatic N) is 1. The van der Waals surface area contributed by atoms with Crippen LogP contribution in [0.2, 0.25) is 0 Å². The van der Waals surface area contributed by atoms with Crippen molar-refractivity contribution in [2.75, 3.05) is 13.1 Å². The van der Waals surface area contributed by atoms with Crippen molar-refractivity contribution in [3.8, 4) is 0 Å². The van der Waals surface area contributed by atoms with Gasteiger partial charge >= 0.3 is 0 Å². The second kappa shape index (κ2) is 6.69. The minimum absolute atomic E-state index is 0.0116. The lowest BCUT2D eigenvalue weighted by Gasteiger charge is -2.46. The van der Waals surface area contributed by atoms with Crippen LogP contribution in [0.4, 0.5) is 8.78 Å². The summed E-state index contributed by atoms with van der Waals surface area (Å²) < 4.78 is 28.8. The lowest BCUT2D eigenvalue weighted by Crippen LogP contribution is -2.56. The second-order valence-electron chi connectivity index (χ2n) is 6.06. The van der Waals surface area contributed by atoms with Crippen LogP contribution < -0.4 is 11.3 Å². The summed E-state index contributed by atoms with van der Waals surface area (Å²) in [5.41, 5.74) is 2.12. The number of likely N-dealkylation sites (tertiary alicyclic amines) is 1. The molecule has 0 spiro atoms. The van der Waals surface area contributed by atoms with E-state index in [1.165, 1.54) is 18.6 Å². The normalized spacial score (nSPS) is 18.8. The van der Waals surface area contributed by atoms with Gasteiger partial charge in [-0.15, -0.1) is 0 Å². The molecule has 21 heavy (non-hydrogen) atoms. The molecule has 0 aliphatic carbocycles. The maximum atomic E-state index is 14.4. The predicted molar refractivity (Wildman–Crippen MR) is 83.6 cm³/mol. The molecule has 0 aromatic heterocycles. The molecular formula is C15H22BrF2N3. The average molecular weight is 362 g/mol. The highest BCUT2D eigenvalue weighted by Gasteiger charge is 2.39. The van der Waals surface area contributed by atoms with Crippen LogP contribution in [0, 0.1) is 11.6 Å². The largest absolute Gasteiger partial charge is 0.296 e. The van der Waals surface area contributed by atoms with E-state index in [2.05, 4.69) is 26.3 Å². The van der Waals surface area contributed by atoms with Crippen LogP contribution in [0.5, 0.6) is 0 Å². The molecule has 3 N–H and O–H groups in total. The molecule has 1 aromatic rings. The summed E-state index contributed by atoms with van der Waals surface area (Å²) in [5, 5.41) is 0. The van der Waals surface area contributed by atoms with Crippen molar-refractivity contribution in [1.82, 2.24) is 10.3 Å². The zero-order valence-corrected chi connectivity index (χ0v) is 14.0. The summed E-state index contributed by atoms with van der Waals surface area (Å²) in [7, 11) is 0. The number of nitrogens with two attached hydrogens (primary N) is 1. The van der Waals surface area contributed by atoms with Gasteiger partial charge in [0.15, 0.2) is 0 Å². The topological polar surface area (TPSA) is 41.3 Å². The highest BCUT2D eigenvalue weighted by atomic mass is 79.9. The van der Waals surface area contributed by atoms with E-state index in [1.807, 2.05) is 13.8 Å². The van der Waals surface area contributed by atoms with E-state index >= 15 is 0 Å². The molecule has 1 aromatic carbocycles. The fourth-order valence-electron chi connectivity index (χ4n) is 3.10. The molecule has 2 rings (SSSR count). The van der Waals surface area contributed by atoms with E-state index < -0.39 is 23.2 Å². The van der Waals surface area contributed by atoms with Gasteiger partial charge in [0.05, 0.1) is 10.5 Å². The number of benzene rings is 1. The van der Waals surface area contributed by atoms with Crippen LogP contribution in [0.25, 0.3) is 0 Å². The lowest BCUT2D eigenvalue weighted by atomic mass is 9.85.